The number of carbonyl (C=O) groups excluding carboxylic acids is 3. The number of rotatable bonds is 3. The number of hydrogen-bond donors (Lipinski definition) is 2. The minimum Gasteiger partial charge on any atom is -0.508 e. The second-order valence-electron chi connectivity index (χ2n) is 9.57. The minimum atomic E-state index is -5.95. The lowest BCUT2D eigenvalue weighted by Crippen LogP contribution is -2.54. The number of alkyl halides is 6. The Morgan fingerprint density at radius 3 is 1.77 bits per heavy atom. The molecule has 2 N–H and O–H groups in total. The van der Waals surface area contributed by atoms with Crippen LogP contribution in [0.3, 0.4) is 0 Å². The van der Waals surface area contributed by atoms with Gasteiger partial charge in [0.15, 0.2) is 0 Å². The third-order valence-corrected chi connectivity index (χ3v) is 7.30. The van der Waals surface area contributed by atoms with Crippen molar-refractivity contribution < 1.29 is 50.9 Å². The number of amides is 3. The predicted octanol–water partition coefficient (Wildman–Crippen LogP) is 5.20. The quantitative estimate of drug-likeness (QED) is 0.337. The molecule has 7 nitrogen and oxygen atoms in total. The van der Waals surface area contributed by atoms with E-state index >= 15 is 0 Å². The SMILES string of the molecule is Cc1cc(C(c2ccc(O)c(N3Cc4cc5c(cc4C3=O)C(=O)N(C)C5=O)c2)(C(F)(F)F)C(F)(F)F)ccc1O. The summed E-state index contributed by atoms with van der Waals surface area (Å²) in [4.78, 5) is 39.6. The molecule has 0 aromatic heterocycles. The third-order valence-electron chi connectivity index (χ3n) is 7.30. The van der Waals surface area contributed by atoms with Crippen molar-refractivity contribution in [3.8, 4) is 11.5 Å². The van der Waals surface area contributed by atoms with Crippen LogP contribution in [0.25, 0.3) is 0 Å². The van der Waals surface area contributed by atoms with Gasteiger partial charge >= 0.3 is 12.4 Å². The van der Waals surface area contributed by atoms with Crippen LogP contribution in [0, 0.1) is 6.92 Å². The number of aryl methyl sites for hydroxylation is 1. The Morgan fingerprint density at radius 1 is 0.700 bits per heavy atom. The molecule has 5 rings (SSSR count). The van der Waals surface area contributed by atoms with Crippen LogP contribution >= 0.6 is 0 Å². The molecule has 2 aliphatic rings. The molecule has 208 valence electrons. The van der Waals surface area contributed by atoms with E-state index in [0.717, 1.165) is 28.9 Å². The van der Waals surface area contributed by atoms with Gasteiger partial charge in [-0.05, 0) is 59.5 Å². The first kappa shape index (κ1) is 27.0. The van der Waals surface area contributed by atoms with Gasteiger partial charge in [0.25, 0.3) is 17.7 Å². The van der Waals surface area contributed by atoms with E-state index in [1.165, 1.54) is 13.1 Å². The fourth-order valence-corrected chi connectivity index (χ4v) is 5.21. The number of halogens is 6. The molecule has 0 atom stereocenters. The summed E-state index contributed by atoms with van der Waals surface area (Å²) in [5.74, 6) is -3.50. The highest BCUT2D eigenvalue weighted by atomic mass is 19.4. The number of carbonyl (C=O) groups is 3. The second-order valence-corrected chi connectivity index (χ2v) is 9.57. The molecule has 0 radical (unpaired) electrons. The number of anilines is 1. The van der Waals surface area contributed by atoms with Crippen LogP contribution in [-0.4, -0.2) is 52.2 Å². The Balaban J connectivity index is 1.68. The van der Waals surface area contributed by atoms with Gasteiger partial charge in [0.05, 0.1) is 23.4 Å². The lowest BCUT2D eigenvalue weighted by Gasteiger charge is -2.39. The monoisotopic (exact) mass is 564 g/mol. The maximum Gasteiger partial charge on any atom is 0.411 e. The molecule has 40 heavy (non-hydrogen) atoms. The summed E-state index contributed by atoms with van der Waals surface area (Å²) in [5.41, 5.74) is -8.00. The van der Waals surface area contributed by atoms with E-state index < -0.39 is 70.3 Å². The molecule has 2 aliphatic heterocycles. The molecule has 0 fully saturated rings. The Morgan fingerprint density at radius 2 is 1.23 bits per heavy atom. The minimum absolute atomic E-state index is 0.00488. The largest absolute Gasteiger partial charge is 0.508 e. The first-order chi connectivity index (χ1) is 18.5. The van der Waals surface area contributed by atoms with Crippen molar-refractivity contribution in [3.05, 3.63) is 87.5 Å². The van der Waals surface area contributed by atoms with Crippen molar-refractivity contribution >= 4 is 23.4 Å². The van der Waals surface area contributed by atoms with E-state index in [2.05, 4.69) is 0 Å². The van der Waals surface area contributed by atoms with Gasteiger partial charge in [-0.2, -0.15) is 26.3 Å². The fraction of sp³-hybridized carbons (Fsp3) is 0.222. The van der Waals surface area contributed by atoms with Crippen molar-refractivity contribution in [3.63, 3.8) is 0 Å². The molecule has 0 saturated heterocycles. The molecule has 3 aromatic rings. The fourth-order valence-electron chi connectivity index (χ4n) is 5.21. The lowest BCUT2D eigenvalue weighted by molar-refractivity contribution is -0.288. The highest BCUT2D eigenvalue weighted by Gasteiger charge is 2.72. The summed E-state index contributed by atoms with van der Waals surface area (Å²) in [6.07, 6.45) is -11.9. The Bertz CT molecular complexity index is 1610. The molecule has 0 aliphatic carbocycles. The highest BCUT2D eigenvalue weighted by Crippen LogP contribution is 2.57. The maximum absolute atomic E-state index is 14.6. The van der Waals surface area contributed by atoms with Gasteiger partial charge in [-0.15, -0.1) is 0 Å². The van der Waals surface area contributed by atoms with E-state index in [-0.39, 0.29) is 27.8 Å². The van der Waals surface area contributed by atoms with Crippen molar-refractivity contribution in [2.24, 2.45) is 0 Å². The number of aromatic hydroxyl groups is 2. The van der Waals surface area contributed by atoms with Crippen LogP contribution in [0.15, 0.2) is 48.5 Å². The summed E-state index contributed by atoms with van der Waals surface area (Å²) < 4.78 is 87.7. The summed E-state index contributed by atoms with van der Waals surface area (Å²) >= 11 is 0. The van der Waals surface area contributed by atoms with Gasteiger partial charge < -0.3 is 15.1 Å². The first-order valence-corrected chi connectivity index (χ1v) is 11.6. The number of nitrogens with zero attached hydrogens (tertiary/aromatic N) is 2. The molecule has 2 heterocycles. The van der Waals surface area contributed by atoms with E-state index in [1.807, 2.05) is 0 Å². The average Bonchev–Trinajstić information content (AvgIpc) is 3.28. The van der Waals surface area contributed by atoms with E-state index in [0.29, 0.717) is 30.3 Å². The van der Waals surface area contributed by atoms with Crippen LogP contribution < -0.4 is 4.90 Å². The summed E-state index contributed by atoms with van der Waals surface area (Å²) in [5, 5.41) is 20.2. The van der Waals surface area contributed by atoms with Gasteiger partial charge in [-0.25, -0.2) is 0 Å². The zero-order valence-corrected chi connectivity index (χ0v) is 20.6. The number of hydrogen-bond acceptors (Lipinski definition) is 5. The van der Waals surface area contributed by atoms with Gasteiger partial charge in [0.1, 0.15) is 11.5 Å². The van der Waals surface area contributed by atoms with Gasteiger partial charge in [0.2, 0.25) is 5.41 Å². The topological polar surface area (TPSA) is 98.2 Å². The van der Waals surface area contributed by atoms with E-state index in [4.69, 9.17) is 0 Å². The van der Waals surface area contributed by atoms with Gasteiger partial charge in [-0.3, -0.25) is 19.3 Å². The third kappa shape index (κ3) is 3.56. The molecule has 13 heteroatoms. The normalized spacial score (nSPS) is 15.7. The average molecular weight is 564 g/mol. The van der Waals surface area contributed by atoms with Crippen LogP contribution in [0.4, 0.5) is 32.0 Å². The molecule has 0 saturated carbocycles. The highest BCUT2D eigenvalue weighted by molar-refractivity contribution is 6.23. The number of fused-ring (bicyclic) bond motifs is 2. The molecule has 0 bridgehead atoms. The Kier molecular flexibility index (Phi) is 5.73. The molecule has 0 spiro atoms. The molecular weight excluding hydrogens is 546 g/mol. The molecular formula is C27H18F6N2O5. The number of benzene rings is 3. The Labute approximate surface area is 221 Å². The lowest BCUT2D eigenvalue weighted by atomic mass is 9.72. The van der Waals surface area contributed by atoms with Crippen LogP contribution in [-0.2, 0) is 12.0 Å². The second kappa shape index (κ2) is 8.47. The summed E-state index contributed by atoms with van der Waals surface area (Å²) in [7, 11) is 1.25. The zero-order valence-electron chi connectivity index (χ0n) is 20.6. The van der Waals surface area contributed by atoms with E-state index in [9.17, 15) is 50.9 Å². The standard InChI is InChI=1S/C27H18F6N2O5/c1-12-7-14(3-5-20(12)36)25(26(28,29)30,27(31,32)33)15-4-6-21(37)19(9-15)35-11-13-8-17-18(10-16(13)24(35)40)23(39)34(2)22(17)38/h3-10,36-37H,11H2,1-2H3. The summed E-state index contributed by atoms with van der Waals surface area (Å²) in [6, 6.07) is 5.76. The van der Waals surface area contributed by atoms with Crippen molar-refractivity contribution in [2.45, 2.75) is 31.2 Å². The van der Waals surface area contributed by atoms with Crippen LogP contribution in [0.5, 0.6) is 11.5 Å². The van der Waals surface area contributed by atoms with E-state index in [1.54, 1.807) is 0 Å². The molecule has 3 amide bonds. The zero-order chi connectivity index (χ0) is 29.5. The van der Waals surface area contributed by atoms with Crippen LogP contribution in [0.1, 0.15) is 53.3 Å². The smallest absolute Gasteiger partial charge is 0.411 e. The van der Waals surface area contributed by atoms with Gasteiger partial charge in [0, 0.05) is 12.6 Å². The van der Waals surface area contributed by atoms with Gasteiger partial charge in [-0.1, -0.05) is 18.2 Å². The number of phenolic OH excluding ortho intramolecular Hbond substituents is 2. The van der Waals surface area contributed by atoms with Crippen molar-refractivity contribution in [2.75, 3.05) is 11.9 Å². The Hall–Kier alpha value is -4.55. The van der Waals surface area contributed by atoms with Crippen molar-refractivity contribution in [1.29, 1.82) is 0 Å². The molecule has 3 aromatic carbocycles. The predicted molar refractivity (Wildman–Crippen MR) is 127 cm³/mol. The van der Waals surface area contributed by atoms with Crippen LogP contribution in [0.2, 0.25) is 0 Å². The first-order valence-electron chi connectivity index (χ1n) is 11.6. The molecule has 0 unspecified atom stereocenters. The summed E-state index contributed by atoms with van der Waals surface area (Å²) in [6.45, 7) is 0.746. The maximum atomic E-state index is 14.6. The number of phenols is 2. The number of imide groups is 1. The van der Waals surface area contributed by atoms with Crippen molar-refractivity contribution in [1.82, 2.24) is 4.90 Å².